The fraction of sp³-hybridized carbons (Fsp3) is 0.222. The number of aromatic hydroxyl groups is 1. The Bertz CT molecular complexity index is 466. The average Bonchev–Trinajstić information content (AvgIpc) is 2.44. The molecule has 1 aromatic carbocycles. The van der Waals surface area contributed by atoms with E-state index in [2.05, 4.69) is 21.0 Å². The Hall–Kier alpha value is -1.07. The van der Waals surface area contributed by atoms with Crippen molar-refractivity contribution in [1.29, 1.82) is 0 Å². The Morgan fingerprint density at radius 2 is 2.29 bits per heavy atom. The summed E-state index contributed by atoms with van der Waals surface area (Å²) in [5, 5.41) is 14.5. The largest absolute Gasteiger partial charge is 0.508 e. The maximum Gasteiger partial charge on any atom is 0.117 e. The summed E-state index contributed by atoms with van der Waals surface area (Å²) in [5.41, 5.74) is 6.22. The SMILES string of the molecule is NCCn1nc2cc(O)ccc2c1Br. The van der Waals surface area contributed by atoms with Crippen LogP contribution in [0.15, 0.2) is 22.8 Å². The highest BCUT2D eigenvalue weighted by molar-refractivity contribution is 9.10. The third kappa shape index (κ3) is 1.49. The zero-order valence-electron chi connectivity index (χ0n) is 7.44. The fourth-order valence-corrected chi connectivity index (χ4v) is 1.95. The summed E-state index contributed by atoms with van der Waals surface area (Å²) in [6.07, 6.45) is 0. The van der Waals surface area contributed by atoms with Crippen LogP contribution in [0.1, 0.15) is 0 Å². The van der Waals surface area contributed by atoms with Crippen LogP contribution in [-0.2, 0) is 6.54 Å². The number of fused-ring (bicyclic) bond motifs is 1. The molecule has 0 spiro atoms. The molecule has 2 rings (SSSR count). The van der Waals surface area contributed by atoms with Crippen molar-refractivity contribution in [1.82, 2.24) is 9.78 Å². The van der Waals surface area contributed by atoms with Crippen molar-refractivity contribution in [2.45, 2.75) is 6.54 Å². The van der Waals surface area contributed by atoms with Crippen LogP contribution in [0.3, 0.4) is 0 Å². The number of hydrogen-bond donors (Lipinski definition) is 2. The molecule has 0 amide bonds. The Balaban J connectivity index is 2.61. The van der Waals surface area contributed by atoms with Gasteiger partial charge in [-0.2, -0.15) is 5.10 Å². The standard InChI is InChI=1S/C9H10BrN3O/c10-9-7-2-1-6(14)5-8(7)12-13(9)4-3-11/h1-2,5,14H,3-4,11H2. The molecule has 0 unspecified atom stereocenters. The number of aromatic nitrogens is 2. The van der Waals surface area contributed by atoms with Gasteiger partial charge in [-0.15, -0.1) is 0 Å². The van der Waals surface area contributed by atoms with Crippen molar-refractivity contribution in [3.05, 3.63) is 22.8 Å². The smallest absolute Gasteiger partial charge is 0.117 e. The summed E-state index contributed by atoms with van der Waals surface area (Å²) in [6.45, 7) is 1.20. The highest BCUT2D eigenvalue weighted by atomic mass is 79.9. The summed E-state index contributed by atoms with van der Waals surface area (Å²) in [7, 11) is 0. The van der Waals surface area contributed by atoms with E-state index < -0.39 is 0 Å². The van der Waals surface area contributed by atoms with Gasteiger partial charge in [0.25, 0.3) is 0 Å². The van der Waals surface area contributed by atoms with Crippen molar-refractivity contribution in [3.8, 4) is 5.75 Å². The van der Waals surface area contributed by atoms with Crippen LogP contribution in [-0.4, -0.2) is 21.4 Å². The molecule has 1 aromatic heterocycles. The predicted molar refractivity (Wildman–Crippen MR) is 58.2 cm³/mol. The van der Waals surface area contributed by atoms with Crippen LogP contribution in [0.5, 0.6) is 5.75 Å². The zero-order chi connectivity index (χ0) is 10.1. The first-order valence-electron chi connectivity index (χ1n) is 4.27. The Kier molecular flexibility index (Phi) is 2.43. The van der Waals surface area contributed by atoms with Crippen LogP contribution in [0.4, 0.5) is 0 Å². The second-order valence-electron chi connectivity index (χ2n) is 3.00. The number of benzene rings is 1. The maximum atomic E-state index is 9.27. The second-order valence-corrected chi connectivity index (χ2v) is 3.76. The lowest BCUT2D eigenvalue weighted by Crippen LogP contribution is -2.10. The van der Waals surface area contributed by atoms with Gasteiger partial charge in [-0.05, 0) is 28.1 Å². The van der Waals surface area contributed by atoms with Crippen molar-refractivity contribution in [2.75, 3.05) is 6.54 Å². The first-order chi connectivity index (χ1) is 6.72. The number of nitrogens with zero attached hydrogens (tertiary/aromatic N) is 2. The van der Waals surface area contributed by atoms with Crippen LogP contribution >= 0.6 is 15.9 Å². The molecule has 3 N–H and O–H groups in total. The third-order valence-corrected chi connectivity index (χ3v) is 2.84. The van der Waals surface area contributed by atoms with Gasteiger partial charge < -0.3 is 10.8 Å². The van der Waals surface area contributed by atoms with Gasteiger partial charge in [0.1, 0.15) is 10.4 Å². The lowest BCUT2D eigenvalue weighted by molar-refractivity contribution is 0.476. The Morgan fingerprint density at radius 1 is 1.50 bits per heavy atom. The minimum atomic E-state index is 0.224. The molecule has 0 aliphatic heterocycles. The van der Waals surface area contributed by atoms with Gasteiger partial charge in [0.15, 0.2) is 0 Å². The lowest BCUT2D eigenvalue weighted by atomic mass is 10.2. The molecule has 0 saturated carbocycles. The molecule has 0 fully saturated rings. The number of rotatable bonds is 2. The highest BCUT2D eigenvalue weighted by Gasteiger charge is 2.07. The zero-order valence-corrected chi connectivity index (χ0v) is 9.03. The first-order valence-corrected chi connectivity index (χ1v) is 5.07. The number of hydrogen-bond acceptors (Lipinski definition) is 3. The van der Waals surface area contributed by atoms with Gasteiger partial charge in [-0.1, -0.05) is 0 Å². The van der Waals surface area contributed by atoms with E-state index in [-0.39, 0.29) is 5.75 Å². The van der Waals surface area contributed by atoms with Crippen molar-refractivity contribution in [2.24, 2.45) is 5.73 Å². The molecule has 0 radical (unpaired) electrons. The summed E-state index contributed by atoms with van der Waals surface area (Å²) in [4.78, 5) is 0. The van der Waals surface area contributed by atoms with Gasteiger partial charge in [-0.3, -0.25) is 4.68 Å². The summed E-state index contributed by atoms with van der Waals surface area (Å²) < 4.78 is 2.68. The molecule has 2 aromatic rings. The van der Waals surface area contributed by atoms with Crippen molar-refractivity contribution >= 4 is 26.8 Å². The predicted octanol–water partition coefficient (Wildman–Crippen LogP) is 1.46. The molecule has 4 nitrogen and oxygen atoms in total. The van der Waals surface area contributed by atoms with Gasteiger partial charge in [0, 0.05) is 18.0 Å². The fourth-order valence-electron chi connectivity index (χ4n) is 1.36. The molecule has 0 aliphatic rings. The molecule has 5 heteroatoms. The van der Waals surface area contributed by atoms with Crippen LogP contribution in [0, 0.1) is 0 Å². The van der Waals surface area contributed by atoms with E-state index in [9.17, 15) is 5.11 Å². The van der Waals surface area contributed by atoms with Gasteiger partial charge >= 0.3 is 0 Å². The highest BCUT2D eigenvalue weighted by Crippen LogP contribution is 2.26. The van der Waals surface area contributed by atoms with E-state index in [1.54, 1.807) is 16.8 Å². The van der Waals surface area contributed by atoms with E-state index in [1.807, 2.05) is 6.07 Å². The summed E-state index contributed by atoms with van der Waals surface area (Å²) in [6, 6.07) is 5.10. The number of phenolic OH excluding ortho intramolecular Hbond substituents is 1. The van der Waals surface area contributed by atoms with Crippen LogP contribution < -0.4 is 5.73 Å². The maximum absolute atomic E-state index is 9.27. The average molecular weight is 256 g/mol. The molecular formula is C9H10BrN3O. The Morgan fingerprint density at radius 3 is 3.00 bits per heavy atom. The molecule has 0 atom stereocenters. The quantitative estimate of drug-likeness (QED) is 0.855. The van der Waals surface area contributed by atoms with Gasteiger partial charge in [0.2, 0.25) is 0 Å². The monoisotopic (exact) mass is 255 g/mol. The van der Waals surface area contributed by atoms with Gasteiger partial charge in [0.05, 0.1) is 12.1 Å². The minimum absolute atomic E-state index is 0.224. The number of nitrogens with two attached hydrogens (primary N) is 1. The van der Waals surface area contributed by atoms with Crippen molar-refractivity contribution < 1.29 is 5.11 Å². The lowest BCUT2D eigenvalue weighted by Gasteiger charge is -1.97. The van der Waals surface area contributed by atoms with Crippen LogP contribution in [0.25, 0.3) is 10.9 Å². The van der Waals surface area contributed by atoms with E-state index in [4.69, 9.17) is 5.73 Å². The van der Waals surface area contributed by atoms with E-state index in [0.717, 1.165) is 15.5 Å². The first kappa shape index (κ1) is 9.48. The third-order valence-electron chi connectivity index (χ3n) is 2.00. The van der Waals surface area contributed by atoms with E-state index >= 15 is 0 Å². The topological polar surface area (TPSA) is 64.1 Å². The molecule has 0 aliphatic carbocycles. The second kappa shape index (κ2) is 3.59. The van der Waals surface area contributed by atoms with Crippen molar-refractivity contribution in [3.63, 3.8) is 0 Å². The number of halogens is 1. The number of phenols is 1. The minimum Gasteiger partial charge on any atom is -0.508 e. The van der Waals surface area contributed by atoms with Gasteiger partial charge in [-0.25, -0.2) is 0 Å². The molecule has 0 saturated heterocycles. The summed E-state index contributed by atoms with van der Waals surface area (Å²) in [5.74, 6) is 0.224. The molecular weight excluding hydrogens is 246 g/mol. The molecule has 74 valence electrons. The molecule has 0 bridgehead atoms. The summed E-state index contributed by atoms with van der Waals surface area (Å²) >= 11 is 3.44. The van der Waals surface area contributed by atoms with Crippen LogP contribution in [0.2, 0.25) is 0 Å². The van der Waals surface area contributed by atoms with E-state index in [1.165, 1.54) is 0 Å². The molecule has 14 heavy (non-hydrogen) atoms. The molecule has 1 heterocycles. The van der Waals surface area contributed by atoms with E-state index in [0.29, 0.717) is 13.1 Å². The normalized spacial score (nSPS) is 11.0. The Labute approximate surface area is 89.5 Å².